The largest absolute Gasteiger partial charge is 0.360 e. The van der Waals surface area contributed by atoms with Crippen molar-refractivity contribution in [1.29, 1.82) is 0 Å². The molecule has 2 nitrogen and oxygen atoms in total. The molecule has 0 atom stereocenters. The Morgan fingerprint density at radius 2 is 2.13 bits per heavy atom. The van der Waals surface area contributed by atoms with Crippen molar-refractivity contribution < 1.29 is 0 Å². The Kier molecular flexibility index (Phi) is 3.19. The number of halogens is 2. The van der Waals surface area contributed by atoms with E-state index in [1.54, 1.807) is 0 Å². The number of hydrogen-bond acceptors (Lipinski definition) is 1. The van der Waals surface area contributed by atoms with Gasteiger partial charge >= 0.3 is 0 Å². The first-order valence-electron chi connectivity index (χ1n) is 4.88. The highest BCUT2D eigenvalue weighted by Crippen LogP contribution is 2.32. The molecule has 0 bridgehead atoms. The first kappa shape index (κ1) is 10.8. The van der Waals surface area contributed by atoms with Crippen molar-refractivity contribution in [3.63, 3.8) is 0 Å². The van der Waals surface area contributed by atoms with E-state index in [9.17, 15) is 0 Å². The molecule has 3 N–H and O–H groups in total. The van der Waals surface area contributed by atoms with E-state index in [0.29, 0.717) is 11.6 Å². The SMILES string of the molecule is NCCCc1cc(Cl)c2[nH]ccc2c1Cl. The molecule has 1 heterocycles. The minimum Gasteiger partial charge on any atom is -0.360 e. The third-order valence-electron chi connectivity index (χ3n) is 2.46. The van der Waals surface area contributed by atoms with Crippen LogP contribution >= 0.6 is 23.2 Å². The number of rotatable bonds is 3. The summed E-state index contributed by atoms with van der Waals surface area (Å²) in [4.78, 5) is 3.07. The number of fused-ring (bicyclic) bond motifs is 1. The van der Waals surface area contributed by atoms with Gasteiger partial charge in [-0.05, 0) is 37.1 Å². The molecule has 2 aromatic rings. The van der Waals surface area contributed by atoms with Gasteiger partial charge in [0.05, 0.1) is 15.6 Å². The van der Waals surface area contributed by atoms with Crippen LogP contribution in [-0.2, 0) is 6.42 Å². The standard InChI is InChI=1S/C11H12Cl2N2/c12-9-6-7(2-1-4-14)10(13)8-3-5-15-11(8)9/h3,5-6,15H,1-2,4,14H2. The highest BCUT2D eigenvalue weighted by atomic mass is 35.5. The Labute approximate surface area is 98.4 Å². The van der Waals surface area contributed by atoms with Crippen LogP contribution in [0.4, 0.5) is 0 Å². The molecule has 0 saturated carbocycles. The highest BCUT2D eigenvalue weighted by Gasteiger charge is 2.09. The molecule has 0 spiro atoms. The summed E-state index contributed by atoms with van der Waals surface area (Å²) < 4.78 is 0. The van der Waals surface area contributed by atoms with Gasteiger partial charge in [-0.1, -0.05) is 23.2 Å². The van der Waals surface area contributed by atoms with E-state index in [2.05, 4.69) is 4.98 Å². The van der Waals surface area contributed by atoms with Gasteiger partial charge in [-0.2, -0.15) is 0 Å². The van der Waals surface area contributed by atoms with Crippen molar-refractivity contribution in [2.24, 2.45) is 5.73 Å². The molecule has 1 aromatic heterocycles. The lowest BCUT2D eigenvalue weighted by Gasteiger charge is -2.06. The van der Waals surface area contributed by atoms with Crippen LogP contribution in [0, 0.1) is 0 Å². The molecule has 4 heteroatoms. The van der Waals surface area contributed by atoms with Crippen molar-refractivity contribution in [3.8, 4) is 0 Å². The van der Waals surface area contributed by atoms with Crippen LogP contribution in [0.3, 0.4) is 0 Å². The van der Waals surface area contributed by atoms with Crippen molar-refractivity contribution in [2.45, 2.75) is 12.8 Å². The van der Waals surface area contributed by atoms with Gasteiger partial charge in [0, 0.05) is 11.6 Å². The van der Waals surface area contributed by atoms with E-state index in [-0.39, 0.29) is 0 Å². The first-order chi connectivity index (χ1) is 7.24. The fourth-order valence-electron chi connectivity index (χ4n) is 1.69. The summed E-state index contributed by atoms with van der Waals surface area (Å²) in [5, 5.41) is 2.48. The second-order valence-electron chi connectivity index (χ2n) is 3.49. The maximum Gasteiger partial charge on any atom is 0.0658 e. The summed E-state index contributed by atoms with van der Waals surface area (Å²) in [7, 11) is 0. The summed E-state index contributed by atoms with van der Waals surface area (Å²) >= 11 is 12.4. The zero-order chi connectivity index (χ0) is 10.8. The first-order valence-corrected chi connectivity index (χ1v) is 5.63. The molecule has 0 aliphatic heterocycles. The normalized spacial score (nSPS) is 11.1. The molecule has 0 fully saturated rings. The molecule has 0 aliphatic rings. The smallest absolute Gasteiger partial charge is 0.0658 e. The van der Waals surface area contributed by atoms with E-state index < -0.39 is 0 Å². The predicted molar refractivity (Wildman–Crippen MR) is 65.7 cm³/mol. The Morgan fingerprint density at radius 1 is 1.33 bits per heavy atom. The monoisotopic (exact) mass is 242 g/mol. The summed E-state index contributed by atoms with van der Waals surface area (Å²) in [5.74, 6) is 0. The number of aromatic amines is 1. The lowest BCUT2D eigenvalue weighted by Crippen LogP contribution is -2.00. The second kappa shape index (κ2) is 4.44. The van der Waals surface area contributed by atoms with E-state index in [1.807, 2.05) is 18.3 Å². The summed E-state index contributed by atoms with van der Waals surface area (Å²) in [6, 6.07) is 3.86. The van der Waals surface area contributed by atoms with E-state index in [1.165, 1.54) is 0 Å². The molecule has 0 unspecified atom stereocenters. The molecule has 0 aliphatic carbocycles. The molecule has 15 heavy (non-hydrogen) atoms. The summed E-state index contributed by atoms with van der Waals surface area (Å²) in [6.07, 6.45) is 3.64. The number of hydrogen-bond donors (Lipinski definition) is 2. The minimum atomic E-state index is 0.666. The molecular weight excluding hydrogens is 231 g/mol. The highest BCUT2D eigenvalue weighted by molar-refractivity contribution is 6.40. The number of H-pyrrole nitrogens is 1. The van der Waals surface area contributed by atoms with Gasteiger partial charge in [-0.15, -0.1) is 0 Å². The van der Waals surface area contributed by atoms with Crippen LogP contribution in [-0.4, -0.2) is 11.5 Å². The van der Waals surface area contributed by atoms with Gasteiger partial charge in [0.25, 0.3) is 0 Å². The number of aryl methyl sites for hydroxylation is 1. The van der Waals surface area contributed by atoms with Crippen molar-refractivity contribution >= 4 is 34.1 Å². The zero-order valence-corrected chi connectivity index (χ0v) is 9.70. The van der Waals surface area contributed by atoms with Crippen LogP contribution in [0.15, 0.2) is 18.3 Å². The Morgan fingerprint density at radius 3 is 2.87 bits per heavy atom. The maximum absolute atomic E-state index is 6.27. The Balaban J connectivity index is 2.51. The average Bonchev–Trinajstić information content (AvgIpc) is 2.70. The summed E-state index contributed by atoms with van der Waals surface area (Å²) in [6.45, 7) is 0.666. The molecule has 80 valence electrons. The number of aromatic nitrogens is 1. The molecule has 0 radical (unpaired) electrons. The number of nitrogens with one attached hydrogen (secondary N) is 1. The van der Waals surface area contributed by atoms with Gasteiger partial charge < -0.3 is 10.7 Å². The number of nitrogens with two attached hydrogens (primary N) is 1. The fraction of sp³-hybridized carbons (Fsp3) is 0.273. The van der Waals surface area contributed by atoms with Gasteiger partial charge in [-0.25, -0.2) is 0 Å². The quantitative estimate of drug-likeness (QED) is 0.852. The van der Waals surface area contributed by atoms with Crippen molar-refractivity contribution in [2.75, 3.05) is 6.54 Å². The lowest BCUT2D eigenvalue weighted by molar-refractivity contribution is 0.834. The average molecular weight is 243 g/mol. The molecular formula is C11H12Cl2N2. The topological polar surface area (TPSA) is 41.8 Å². The predicted octanol–water partition coefficient (Wildman–Crippen LogP) is 3.37. The minimum absolute atomic E-state index is 0.666. The van der Waals surface area contributed by atoms with Crippen LogP contribution in [0.2, 0.25) is 10.0 Å². The fourth-order valence-corrected chi connectivity index (χ4v) is 2.28. The van der Waals surface area contributed by atoms with Crippen LogP contribution in [0.1, 0.15) is 12.0 Å². The Hall–Kier alpha value is -0.700. The summed E-state index contributed by atoms with van der Waals surface area (Å²) in [5.41, 5.74) is 7.44. The van der Waals surface area contributed by atoms with Gasteiger partial charge in [0.2, 0.25) is 0 Å². The second-order valence-corrected chi connectivity index (χ2v) is 4.28. The zero-order valence-electron chi connectivity index (χ0n) is 8.19. The van der Waals surface area contributed by atoms with Crippen molar-refractivity contribution in [3.05, 3.63) is 33.9 Å². The molecule has 2 rings (SSSR count). The van der Waals surface area contributed by atoms with Crippen molar-refractivity contribution in [1.82, 2.24) is 4.98 Å². The molecule has 0 amide bonds. The van der Waals surface area contributed by atoms with E-state index >= 15 is 0 Å². The van der Waals surface area contributed by atoms with E-state index in [0.717, 1.165) is 34.3 Å². The van der Waals surface area contributed by atoms with Gasteiger partial charge in [0.15, 0.2) is 0 Å². The third kappa shape index (κ3) is 1.98. The third-order valence-corrected chi connectivity index (χ3v) is 3.20. The van der Waals surface area contributed by atoms with Gasteiger partial charge in [-0.3, -0.25) is 0 Å². The maximum atomic E-state index is 6.27. The Bertz CT molecular complexity index is 477. The van der Waals surface area contributed by atoms with E-state index in [4.69, 9.17) is 28.9 Å². The van der Waals surface area contributed by atoms with Gasteiger partial charge in [0.1, 0.15) is 0 Å². The van der Waals surface area contributed by atoms with Crippen LogP contribution in [0.5, 0.6) is 0 Å². The lowest BCUT2D eigenvalue weighted by atomic mass is 10.1. The number of benzene rings is 1. The molecule has 0 saturated heterocycles. The van der Waals surface area contributed by atoms with Crippen LogP contribution in [0.25, 0.3) is 10.9 Å². The van der Waals surface area contributed by atoms with Crippen LogP contribution < -0.4 is 5.73 Å². The molecule has 1 aromatic carbocycles.